The maximum absolute atomic E-state index is 12.2. The zero-order valence-electron chi connectivity index (χ0n) is 13.3. The number of carbonyl (C=O) groups is 1. The van der Waals surface area contributed by atoms with Crippen molar-refractivity contribution in [2.45, 2.75) is 44.9 Å². The molecule has 2 heterocycles. The van der Waals surface area contributed by atoms with Crippen LogP contribution in [-0.4, -0.2) is 29.9 Å². The van der Waals surface area contributed by atoms with Gasteiger partial charge in [-0.15, -0.1) is 0 Å². The Hall–Kier alpha value is -1.36. The molecule has 2 saturated heterocycles. The van der Waals surface area contributed by atoms with Crippen LogP contribution in [0.15, 0.2) is 30.3 Å². The summed E-state index contributed by atoms with van der Waals surface area (Å²) in [5.41, 5.74) is 1.08. The molecule has 23 heavy (non-hydrogen) atoms. The quantitative estimate of drug-likeness (QED) is 0.762. The number of amides is 1. The Balaban J connectivity index is 1.48. The first-order valence-corrected chi connectivity index (χ1v) is 8.56. The van der Waals surface area contributed by atoms with Gasteiger partial charge in [0, 0.05) is 18.1 Å². The third-order valence-corrected chi connectivity index (χ3v) is 4.68. The first-order chi connectivity index (χ1) is 11.1. The van der Waals surface area contributed by atoms with E-state index in [1.807, 2.05) is 43.3 Å². The van der Waals surface area contributed by atoms with E-state index in [-0.39, 0.29) is 24.2 Å². The first-order valence-electron chi connectivity index (χ1n) is 8.19. The molecule has 0 spiro atoms. The molecule has 2 fully saturated rings. The number of allylic oxidation sites excluding steroid dienone is 1. The molecule has 3 rings (SSSR count). The molecule has 0 aromatic heterocycles. The molecule has 5 heteroatoms. The van der Waals surface area contributed by atoms with E-state index in [9.17, 15) is 4.79 Å². The number of halogens is 1. The molecule has 2 aliphatic heterocycles. The predicted molar refractivity (Wildman–Crippen MR) is 89.6 cm³/mol. The van der Waals surface area contributed by atoms with Crippen LogP contribution in [-0.2, 0) is 14.4 Å². The third-order valence-electron chi connectivity index (χ3n) is 4.43. The number of hydroxylamine groups is 2. The van der Waals surface area contributed by atoms with Gasteiger partial charge in [-0.25, -0.2) is 9.90 Å². The van der Waals surface area contributed by atoms with Gasteiger partial charge in [-0.2, -0.15) is 0 Å². The lowest BCUT2D eigenvalue weighted by Gasteiger charge is -2.45. The first kappa shape index (κ1) is 16.5. The molecule has 0 bridgehead atoms. The molecule has 4 nitrogen and oxygen atoms in total. The number of benzene rings is 1. The lowest BCUT2D eigenvalue weighted by molar-refractivity contribution is -0.316. The number of β-lactam (4-membered cyclic amide) rings is 1. The van der Waals surface area contributed by atoms with Crippen LogP contribution in [0.5, 0.6) is 0 Å². The van der Waals surface area contributed by atoms with Gasteiger partial charge in [-0.1, -0.05) is 35.9 Å². The fourth-order valence-electron chi connectivity index (χ4n) is 2.94. The molecule has 1 amide bonds. The van der Waals surface area contributed by atoms with Crippen LogP contribution in [0, 0.1) is 5.92 Å². The predicted octanol–water partition coefficient (Wildman–Crippen LogP) is 4.05. The maximum atomic E-state index is 12.2. The Morgan fingerprint density at radius 3 is 2.78 bits per heavy atom. The number of hydrogen-bond donors (Lipinski definition) is 0. The molecular weight excluding hydrogens is 314 g/mol. The molecule has 1 aromatic rings. The average molecular weight is 336 g/mol. The summed E-state index contributed by atoms with van der Waals surface area (Å²) >= 11 is 5.86. The third kappa shape index (κ3) is 3.94. The summed E-state index contributed by atoms with van der Waals surface area (Å²) in [6.07, 6.45) is 7.53. The van der Waals surface area contributed by atoms with E-state index >= 15 is 0 Å². The maximum Gasteiger partial charge on any atom is 0.252 e. The average Bonchev–Trinajstić information content (AvgIpc) is 2.59. The second kappa shape index (κ2) is 7.47. The normalized spacial score (nSPS) is 28.2. The van der Waals surface area contributed by atoms with Crippen LogP contribution in [0.25, 0.3) is 6.08 Å². The number of nitrogens with zero attached hydrogens (tertiary/aromatic N) is 1. The summed E-state index contributed by atoms with van der Waals surface area (Å²) in [4.78, 5) is 17.9. The zero-order chi connectivity index (χ0) is 16.2. The summed E-state index contributed by atoms with van der Waals surface area (Å²) < 4.78 is 5.52. The molecule has 124 valence electrons. The number of ether oxygens (including phenoxy) is 1. The van der Waals surface area contributed by atoms with E-state index < -0.39 is 0 Å². The molecule has 2 unspecified atom stereocenters. The van der Waals surface area contributed by atoms with Crippen LogP contribution < -0.4 is 0 Å². The van der Waals surface area contributed by atoms with Crippen LogP contribution in [0.3, 0.4) is 0 Å². The molecule has 0 aliphatic carbocycles. The van der Waals surface area contributed by atoms with E-state index in [0.29, 0.717) is 13.0 Å². The van der Waals surface area contributed by atoms with Crippen molar-refractivity contribution >= 4 is 23.6 Å². The number of hydrogen-bond acceptors (Lipinski definition) is 3. The molecular formula is C18H22ClNO3. The van der Waals surface area contributed by atoms with Crippen LogP contribution in [0.4, 0.5) is 0 Å². The second-order valence-corrected chi connectivity index (χ2v) is 6.54. The van der Waals surface area contributed by atoms with Crippen LogP contribution >= 0.6 is 11.6 Å². The fraction of sp³-hybridized carbons (Fsp3) is 0.500. The SMILES string of the molecule is CC1C(CC=Cc2ccc(Cl)cc2)C(=O)N1O[C@H]1CCCCO1. The minimum atomic E-state index is -0.263. The highest BCUT2D eigenvalue weighted by molar-refractivity contribution is 6.30. The summed E-state index contributed by atoms with van der Waals surface area (Å²) in [6, 6.07) is 7.72. The van der Waals surface area contributed by atoms with Gasteiger partial charge < -0.3 is 4.74 Å². The molecule has 3 atom stereocenters. The summed E-state index contributed by atoms with van der Waals surface area (Å²) in [7, 11) is 0. The van der Waals surface area contributed by atoms with Crippen molar-refractivity contribution in [2.75, 3.05) is 6.61 Å². The van der Waals surface area contributed by atoms with Gasteiger partial charge >= 0.3 is 0 Å². The minimum Gasteiger partial charge on any atom is -0.350 e. The Morgan fingerprint density at radius 2 is 2.13 bits per heavy atom. The molecule has 0 N–H and O–H groups in total. The zero-order valence-corrected chi connectivity index (χ0v) is 14.0. The van der Waals surface area contributed by atoms with E-state index in [0.717, 1.165) is 29.8 Å². The minimum absolute atomic E-state index is 0.0119. The Kier molecular flexibility index (Phi) is 5.36. The van der Waals surface area contributed by atoms with Crippen molar-refractivity contribution in [3.8, 4) is 0 Å². The largest absolute Gasteiger partial charge is 0.350 e. The van der Waals surface area contributed by atoms with Crippen molar-refractivity contribution < 1.29 is 14.4 Å². The topological polar surface area (TPSA) is 38.8 Å². The summed E-state index contributed by atoms with van der Waals surface area (Å²) in [5, 5.41) is 2.21. The van der Waals surface area contributed by atoms with E-state index in [1.54, 1.807) is 0 Å². The monoisotopic (exact) mass is 335 g/mol. The van der Waals surface area contributed by atoms with Gasteiger partial charge in [-0.3, -0.25) is 4.79 Å². The van der Waals surface area contributed by atoms with Gasteiger partial charge in [-0.05, 0) is 43.9 Å². The molecule has 0 radical (unpaired) electrons. The smallest absolute Gasteiger partial charge is 0.252 e. The van der Waals surface area contributed by atoms with Crippen molar-refractivity contribution in [2.24, 2.45) is 5.92 Å². The highest BCUT2D eigenvalue weighted by Crippen LogP contribution is 2.32. The van der Waals surface area contributed by atoms with Gasteiger partial charge in [0.05, 0.1) is 12.0 Å². The van der Waals surface area contributed by atoms with Gasteiger partial charge in [0.1, 0.15) is 0 Å². The van der Waals surface area contributed by atoms with Gasteiger partial charge in [0.2, 0.25) is 0 Å². The standard InChI is InChI=1S/C18H22ClNO3/c1-13-16(6-4-5-14-8-10-15(19)11-9-14)18(21)20(13)23-17-7-2-3-12-22-17/h4-5,8-11,13,16-17H,2-3,6-7,12H2,1H3/t13?,16?,17-/m0/s1. The Labute approximate surface area is 142 Å². The van der Waals surface area contributed by atoms with E-state index in [2.05, 4.69) is 0 Å². The van der Waals surface area contributed by atoms with Gasteiger partial charge in [0.15, 0.2) is 6.29 Å². The summed E-state index contributed by atoms with van der Waals surface area (Å²) in [5.74, 6) is 0.0366. The van der Waals surface area contributed by atoms with Crippen LogP contribution in [0.1, 0.15) is 38.2 Å². The second-order valence-electron chi connectivity index (χ2n) is 6.10. The van der Waals surface area contributed by atoms with E-state index in [1.165, 1.54) is 5.06 Å². The highest BCUT2D eigenvalue weighted by Gasteiger charge is 2.46. The van der Waals surface area contributed by atoms with Crippen molar-refractivity contribution in [1.29, 1.82) is 0 Å². The van der Waals surface area contributed by atoms with Crippen molar-refractivity contribution in [3.05, 3.63) is 40.9 Å². The van der Waals surface area contributed by atoms with Crippen molar-refractivity contribution in [1.82, 2.24) is 5.06 Å². The number of carbonyl (C=O) groups excluding carboxylic acids is 1. The fourth-order valence-corrected chi connectivity index (χ4v) is 3.07. The van der Waals surface area contributed by atoms with Gasteiger partial charge in [0.25, 0.3) is 5.91 Å². The molecule has 0 saturated carbocycles. The van der Waals surface area contributed by atoms with Crippen molar-refractivity contribution in [3.63, 3.8) is 0 Å². The number of rotatable bonds is 5. The Bertz CT molecular complexity index is 566. The molecule has 2 aliphatic rings. The Morgan fingerprint density at radius 1 is 1.35 bits per heavy atom. The molecule has 1 aromatic carbocycles. The highest BCUT2D eigenvalue weighted by atomic mass is 35.5. The lowest BCUT2D eigenvalue weighted by Crippen LogP contribution is -2.60. The van der Waals surface area contributed by atoms with E-state index in [4.69, 9.17) is 21.2 Å². The lowest BCUT2D eigenvalue weighted by atomic mass is 9.88. The van der Waals surface area contributed by atoms with Crippen LogP contribution in [0.2, 0.25) is 5.02 Å². The summed E-state index contributed by atoms with van der Waals surface area (Å²) in [6.45, 7) is 2.74.